The summed E-state index contributed by atoms with van der Waals surface area (Å²) in [6, 6.07) is 0. The Morgan fingerprint density at radius 3 is 2.83 bits per heavy atom. The van der Waals surface area contributed by atoms with Crippen LogP contribution >= 0.6 is 0 Å². The van der Waals surface area contributed by atoms with Gasteiger partial charge in [-0.15, -0.1) is 5.48 Å². The van der Waals surface area contributed by atoms with E-state index in [1.165, 1.54) is 12.5 Å². The molecule has 0 saturated carbocycles. The van der Waals surface area contributed by atoms with Gasteiger partial charge in [-0.2, -0.15) is 0 Å². The summed E-state index contributed by atoms with van der Waals surface area (Å²) in [5, 5.41) is 0. The van der Waals surface area contributed by atoms with Gasteiger partial charge in [-0.1, -0.05) is 0 Å². The van der Waals surface area contributed by atoms with Crippen LogP contribution in [0.1, 0.15) is 0 Å². The summed E-state index contributed by atoms with van der Waals surface area (Å²) in [6.45, 7) is 0.247. The van der Waals surface area contributed by atoms with Crippen molar-refractivity contribution in [3.05, 3.63) is 12.5 Å². The van der Waals surface area contributed by atoms with Crippen molar-refractivity contribution in [1.29, 1.82) is 0 Å². The van der Waals surface area contributed by atoms with Crippen LogP contribution in [0.4, 0.5) is 0 Å². The maximum Gasteiger partial charge on any atom is 0.215 e. The maximum absolute atomic E-state index is 4.57. The Labute approximate surface area is 35.5 Å². The fraction of sp³-hybridized carbons (Fsp3) is 0.333. The van der Waals surface area contributed by atoms with Crippen LogP contribution in [0, 0.1) is 0 Å². The van der Waals surface area contributed by atoms with E-state index in [4.69, 9.17) is 0 Å². The quantitative estimate of drug-likeness (QED) is 0.415. The van der Waals surface area contributed by atoms with Crippen molar-refractivity contribution >= 4 is 0 Å². The SMILES string of the molecule is C1=COCO[N]1. The second-order valence-corrected chi connectivity index (χ2v) is 0.804. The predicted octanol–water partition coefficient (Wildman–Crippen LogP) is -0.0187. The fourth-order valence-corrected chi connectivity index (χ4v) is 0.211. The third-order valence-corrected chi connectivity index (χ3v) is 0.413. The first-order valence-electron chi connectivity index (χ1n) is 1.59. The third kappa shape index (κ3) is 0.621. The fourth-order valence-electron chi connectivity index (χ4n) is 0.211. The van der Waals surface area contributed by atoms with Gasteiger partial charge in [0.25, 0.3) is 0 Å². The summed E-state index contributed by atoms with van der Waals surface area (Å²) >= 11 is 0. The normalized spacial score (nSPS) is 18.7. The minimum absolute atomic E-state index is 0.247. The van der Waals surface area contributed by atoms with E-state index >= 15 is 0 Å². The van der Waals surface area contributed by atoms with Gasteiger partial charge >= 0.3 is 0 Å². The second-order valence-electron chi connectivity index (χ2n) is 0.804. The highest BCUT2D eigenvalue weighted by atomic mass is 16.8. The van der Waals surface area contributed by atoms with Crippen molar-refractivity contribution in [2.24, 2.45) is 0 Å². The molecule has 0 spiro atoms. The van der Waals surface area contributed by atoms with Crippen LogP contribution in [0.2, 0.25) is 0 Å². The van der Waals surface area contributed by atoms with E-state index in [0.29, 0.717) is 0 Å². The zero-order valence-electron chi connectivity index (χ0n) is 3.13. The van der Waals surface area contributed by atoms with Gasteiger partial charge in [0.1, 0.15) is 6.26 Å². The molecule has 1 aliphatic rings. The van der Waals surface area contributed by atoms with E-state index in [0.717, 1.165) is 0 Å². The molecular weight excluding hydrogens is 82.0 g/mol. The Kier molecular flexibility index (Phi) is 0.969. The largest absolute Gasteiger partial charge is 0.471 e. The van der Waals surface area contributed by atoms with Crippen molar-refractivity contribution in [2.45, 2.75) is 0 Å². The lowest BCUT2D eigenvalue weighted by Crippen LogP contribution is -2.06. The van der Waals surface area contributed by atoms with Crippen LogP contribution in [-0.4, -0.2) is 6.79 Å². The average Bonchev–Trinajstić information content (AvgIpc) is 1.72. The minimum Gasteiger partial charge on any atom is -0.471 e. The Morgan fingerprint density at radius 2 is 2.67 bits per heavy atom. The first kappa shape index (κ1) is 3.49. The predicted molar refractivity (Wildman–Crippen MR) is 18.3 cm³/mol. The molecule has 0 aromatic rings. The Balaban J connectivity index is 2.26. The molecule has 33 valence electrons. The molecule has 0 unspecified atom stereocenters. The van der Waals surface area contributed by atoms with Crippen LogP contribution in [0.5, 0.6) is 0 Å². The van der Waals surface area contributed by atoms with E-state index in [-0.39, 0.29) is 6.79 Å². The highest BCUT2D eigenvalue weighted by Crippen LogP contribution is 1.83. The molecule has 0 amide bonds. The molecule has 3 heteroatoms. The Morgan fingerprint density at radius 1 is 1.67 bits per heavy atom. The summed E-state index contributed by atoms with van der Waals surface area (Å²) in [7, 11) is 0. The first-order valence-corrected chi connectivity index (χ1v) is 1.59. The highest BCUT2D eigenvalue weighted by molar-refractivity contribution is 4.65. The maximum atomic E-state index is 4.57. The van der Waals surface area contributed by atoms with Gasteiger partial charge in [-0.25, -0.2) is 4.84 Å². The molecule has 0 fully saturated rings. The molecule has 0 aromatic heterocycles. The molecule has 1 rings (SSSR count). The van der Waals surface area contributed by atoms with Gasteiger partial charge in [-0.3, -0.25) is 0 Å². The topological polar surface area (TPSA) is 32.6 Å². The molecule has 0 aliphatic carbocycles. The molecule has 0 bridgehead atoms. The summed E-state index contributed by atoms with van der Waals surface area (Å²) in [5.74, 6) is 0. The van der Waals surface area contributed by atoms with Gasteiger partial charge in [0, 0.05) is 0 Å². The highest BCUT2D eigenvalue weighted by Gasteiger charge is 1.86. The van der Waals surface area contributed by atoms with Gasteiger partial charge in [-0.05, 0) is 0 Å². The van der Waals surface area contributed by atoms with Crippen molar-refractivity contribution in [1.82, 2.24) is 5.48 Å². The van der Waals surface area contributed by atoms with E-state index < -0.39 is 0 Å². The molecule has 6 heavy (non-hydrogen) atoms. The van der Waals surface area contributed by atoms with Crippen molar-refractivity contribution in [3.63, 3.8) is 0 Å². The molecule has 0 atom stereocenters. The Bertz CT molecular complexity index is 53.8. The van der Waals surface area contributed by atoms with Crippen LogP contribution in [-0.2, 0) is 9.57 Å². The summed E-state index contributed by atoms with van der Waals surface area (Å²) < 4.78 is 4.57. The van der Waals surface area contributed by atoms with E-state index in [1.807, 2.05) is 0 Å². The number of ether oxygens (including phenoxy) is 1. The zero-order valence-corrected chi connectivity index (χ0v) is 3.13. The van der Waals surface area contributed by atoms with Crippen molar-refractivity contribution in [2.75, 3.05) is 6.79 Å². The molecule has 0 aromatic carbocycles. The van der Waals surface area contributed by atoms with Crippen LogP contribution in [0.15, 0.2) is 12.5 Å². The minimum atomic E-state index is 0.247. The zero-order chi connectivity index (χ0) is 4.24. The van der Waals surface area contributed by atoms with Crippen molar-refractivity contribution in [3.8, 4) is 0 Å². The number of hydrogen-bond acceptors (Lipinski definition) is 2. The Hall–Kier alpha value is -0.700. The van der Waals surface area contributed by atoms with E-state index in [9.17, 15) is 0 Å². The number of hydroxylamine groups is 1. The standard InChI is InChI=1S/C3H4NO2/c1-2-5-3-6-4-1/h1-2H,3H2. The number of nitrogens with zero attached hydrogens (tertiary/aromatic N) is 1. The average molecular weight is 86.1 g/mol. The molecule has 0 N–H and O–H groups in total. The lowest BCUT2D eigenvalue weighted by Gasteiger charge is -2.02. The number of hydrogen-bond donors (Lipinski definition) is 0. The van der Waals surface area contributed by atoms with E-state index in [2.05, 4.69) is 15.1 Å². The van der Waals surface area contributed by atoms with Gasteiger partial charge < -0.3 is 4.74 Å². The monoisotopic (exact) mass is 86.0 g/mol. The molecule has 0 saturated heterocycles. The van der Waals surface area contributed by atoms with Gasteiger partial charge in [0.15, 0.2) is 0 Å². The third-order valence-electron chi connectivity index (χ3n) is 0.413. The lowest BCUT2D eigenvalue weighted by molar-refractivity contribution is -0.0743. The van der Waals surface area contributed by atoms with Gasteiger partial charge in [0.05, 0.1) is 6.20 Å². The van der Waals surface area contributed by atoms with Crippen molar-refractivity contribution < 1.29 is 9.57 Å². The summed E-state index contributed by atoms with van der Waals surface area (Å²) in [4.78, 5) is 4.39. The molecule has 1 heterocycles. The van der Waals surface area contributed by atoms with Crippen LogP contribution < -0.4 is 5.48 Å². The molecule has 1 aliphatic heterocycles. The number of rotatable bonds is 0. The summed E-state index contributed by atoms with van der Waals surface area (Å²) in [5.41, 5.74) is 3.37. The lowest BCUT2D eigenvalue weighted by atomic mass is 11.0. The summed E-state index contributed by atoms with van der Waals surface area (Å²) in [6.07, 6.45) is 2.92. The molecular formula is C3H4NO2. The van der Waals surface area contributed by atoms with E-state index in [1.54, 1.807) is 0 Å². The smallest absolute Gasteiger partial charge is 0.215 e. The first-order chi connectivity index (χ1) is 3.00. The molecule has 1 radical (unpaired) electrons. The van der Waals surface area contributed by atoms with Gasteiger partial charge in [0.2, 0.25) is 6.79 Å². The van der Waals surface area contributed by atoms with Crippen LogP contribution in [0.25, 0.3) is 0 Å². The molecule has 3 nitrogen and oxygen atoms in total. The second kappa shape index (κ2) is 1.67. The van der Waals surface area contributed by atoms with Crippen LogP contribution in [0.3, 0.4) is 0 Å².